The lowest BCUT2D eigenvalue weighted by molar-refractivity contribution is -0.143. The molecule has 0 saturated carbocycles. The summed E-state index contributed by atoms with van der Waals surface area (Å²) in [6.07, 6.45) is 60.9. The first kappa shape index (κ1) is 49.5. The third-order valence-electron chi connectivity index (χ3n) is 11.2. The number of hydrogen-bond acceptors (Lipinski definition) is 2. The highest BCUT2D eigenvalue weighted by Crippen LogP contribution is 2.17. The van der Waals surface area contributed by atoms with Crippen LogP contribution in [0, 0.1) is 0 Å². The lowest BCUT2D eigenvalue weighted by atomic mass is 10.0. The third kappa shape index (κ3) is 45.5. The number of hydrogen-bond donors (Lipinski definition) is 0. The van der Waals surface area contributed by atoms with Crippen molar-refractivity contribution in [2.45, 2.75) is 296 Å². The Morgan fingerprint density at radius 3 is 0.660 bits per heavy atom. The molecule has 0 saturated heterocycles. The molecule has 0 aromatic rings. The fourth-order valence-corrected chi connectivity index (χ4v) is 7.67. The molecule has 0 aliphatic carbocycles. The van der Waals surface area contributed by atoms with Crippen LogP contribution in [0.25, 0.3) is 0 Å². The van der Waals surface area contributed by atoms with Gasteiger partial charge < -0.3 is 4.74 Å². The molecule has 2 nitrogen and oxygen atoms in total. The van der Waals surface area contributed by atoms with Crippen molar-refractivity contribution in [3.8, 4) is 0 Å². The fourth-order valence-electron chi connectivity index (χ4n) is 7.67. The summed E-state index contributed by atoms with van der Waals surface area (Å²) in [6.45, 7) is 5.24. The minimum Gasteiger partial charge on any atom is -0.466 e. The second-order valence-electron chi connectivity index (χ2n) is 16.5. The van der Waals surface area contributed by atoms with Crippen molar-refractivity contribution < 1.29 is 9.53 Å². The molecule has 0 aliphatic rings. The van der Waals surface area contributed by atoms with Gasteiger partial charge in [-0.15, -0.1) is 0 Å². The van der Waals surface area contributed by atoms with Crippen molar-refractivity contribution in [1.82, 2.24) is 0 Å². The number of carbonyl (C=O) groups excluding carboxylic acids is 1. The molecular formula is C48H96O2. The van der Waals surface area contributed by atoms with E-state index in [1.165, 1.54) is 263 Å². The SMILES string of the molecule is CCCCCCCCCCCCCCCCCCCCCCCCCCCCCC(=O)OCCCCCCCCCCCCCCCCCC. The summed E-state index contributed by atoms with van der Waals surface area (Å²) in [5.41, 5.74) is 0. The second-order valence-corrected chi connectivity index (χ2v) is 16.5. The van der Waals surface area contributed by atoms with E-state index in [2.05, 4.69) is 13.8 Å². The van der Waals surface area contributed by atoms with E-state index in [0.29, 0.717) is 13.0 Å². The number of unbranched alkanes of at least 4 members (excludes halogenated alkanes) is 41. The second kappa shape index (κ2) is 46.5. The molecule has 0 heterocycles. The zero-order valence-electron chi connectivity index (χ0n) is 35.1. The van der Waals surface area contributed by atoms with Gasteiger partial charge in [-0.3, -0.25) is 4.79 Å². The molecule has 0 aromatic carbocycles. The predicted molar refractivity (Wildman–Crippen MR) is 225 cm³/mol. The van der Waals surface area contributed by atoms with Gasteiger partial charge in [0.15, 0.2) is 0 Å². The van der Waals surface area contributed by atoms with Gasteiger partial charge >= 0.3 is 5.97 Å². The maximum atomic E-state index is 12.0. The topological polar surface area (TPSA) is 26.3 Å². The van der Waals surface area contributed by atoms with E-state index in [0.717, 1.165) is 12.8 Å². The van der Waals surface area contributed by atoms with Gasteiger partial charge in [-0.05, 0) is 12.8 Å². The zero-order valence-corrected chi connectivity index (χ0v) is 35.1. The van der Waals surface area contributed by atoms with Gasteiger partial charge in [-0.2, -0.15) is 0 Å². The molecule has 300 valence electrons. The van der Waals surface area contributed by atoms with Crippen molar-refractivity contribution in [2.75, 3.05) is 6.61 Å². The summed E-state index contributed by atoms with van der Waals surface area (Å²) in [5.74, 6) is 0.0329. The molecule has 0 amide bonds. The molecule has 0 bridgehead atoms. The van der Waals surface area contributed by atoms with Crippen LogP contribution >= 0.6 is 0 Å². The van der Waals surface area contributed by atoms with E-state index in [1.54, 1.807) is 0 Å². The van der Waals surface area contributed by atoms with Crippen LogP contribution in [-0.4, -0.2) is 12.6 Å². The van der Waals surface area contributed by atoms with Gasteiger partial charge in [0.25, 0.3) is 0 Å². The van der Waals surface area contributed by atoms with Gasteiger partial charge in [0.05, 0.1) is 6.61 Å². The molecule has 0 unspecified atom stereocenters. The highest BCUT2D eigenvalue weighted by Gasteiger charge is 2.03. The molecule has 0 N–H and O–H groups in total. The molecule has 0 aromatic heterocycles. The smallest absolute Gasteiger partial charge is 0.305 e. The number of esters is 1. The Labute approximate surface area is 317 Å². The average Bonchev–Trinajstić information content (AvgIpc) is 3.12. The van der Waals surface area contributed by atoms with Gasteiger partial charge in [0, 0.05) is 6.42 Å². The number of rotatable bonds is 45. The largest absolute Gasteiger partial charge is 0.466 e. The monoisotopic (exact) mass is 705 g/mol. The van der Waals surface area contributed by atoms with E-state index in [9.17, 15) is 4.79 Å². The Bertz CT molecular complexity index is 601. The van der Waals surface area contributed by atoms with Crippen LogP contribution in [0.1, 0.15) is 296 Å². The first-order valence-corrected chi connectivity index (χ1v) is 24.0. The van der Waals surface area contributed by atoms with Gasteiger partial charge in [0.1, 0.15) is 0 Å². The third-order valence-corrected chi connectivity index (χ3v) is 11.2. The molecule has 50 heavy (non-hydrogen) atoms. The van der Waals surface area contributed by atoms with Gasteiger partial charge in [-0.1, -0.05) is 277 Å². The van der Waals surface area contributed by atoms with Crippen LogP contribution in [0.2, 0.25) is 0 Å². The summed E-state index contributed by atoms with van der Waals surface area (Å²) in [4.78, 5) is 12.0. The predicted octanol–water partition coefficient (Wildman–Crippen LogP) is 17.7. The van der Waals surface area contributed by atoms with Gasteiger partial charge in [-0.25, -0.2) is 0 Å². The molecular weight excluding hydrogens is 609 g/mol. The molecule has 0 spiro atoms. The van der Waals surface area contributed by atoms with E-state index in [4.69, 9.17) is 4.74 Å². The minimum absolute atomic E-state index is 0.0329. The Morgan fingerprint density at radius 2 is 0.440 bits per heavy atom. The number of ether oxygens (including phenoxy) is 1. The molecule has 0 aliphatic heterocycles. The highest BCUT2D eigenvalue weighted by molar-refractivity contribution is 5.69. The fraction of sp³-hybridized carbons (Fsp3) is 0.979. The van der Waals surface area contributed by atoms with Crippen LogP contribution < -0.4 is 0 Å². The Kier molecular flexibility index (Phi) is 46.0. The van der Waals surface area contributed by atoms with Crippen LogP contribution in [-0.2, 0) is 9.53 Å². The van der Waals surface area contributed by atoms with E-state index in [1.807, 2.05) is 0 Å². The number of carbonyl (C=O) groups is 1. The normalized spacial score (nSPS) is 11.5. The van der Waals surface area contributed by atoms with Crippen LogP contribution in [0.3, 0.4) is 0 Å². The first-order valence-electron chi connectivity index (χ1n) is 24.0. The quantitative estimate of drug-likeness (QED) is 0.0466. The summed E-state index contributed by atoms with van der Waals surface area (Å²) in [6, 6.07) is 0. The van der Waals surface area contributed by atoms with E-state index < -0.39 is 0 Å². The maximum absolute atomic E-state index is 12.0. The van der Waals surface area contributed by atoms with Gasteiger partial charge in [0.2, 0.25) is 0 Å². The lowest BCUT2D eigenvalue weighted by Crippen LogP contribution is -2.05. The van der Waals surface area contributed by atoms with Crippen LogP contribution in [0.5, 0.6) is 0 Å². The van der Waals surface area contributed by atoms with Crippen molar-refractivity contribution in [1.29, 1.82) is 0 Å². The molecule has 2 heteroatoms. The van der Waals surface area contributed by atoms with Crippen molar-refractivity contribution in [2.24, 2.45) is 0 Å². The molecule has 0 atom stereocenters. The molecule has 0 fully saturated rings. The van der Waals surface area contributed by atoms with E-state index in [-0.39, 0.29) is 5.97 Å². The average molecular weight is 705 g/mol. The van der Waals surface area contributed by atoms with Crippen LogP contribution in [0.15, 0.2) is 0 Å². The van der Waals surface area contributed by atoms with Crippen LogP contribution in [0.4, 0.5) is 0 Å². The summed E-state index contributed by atoms with van der Waals surface area (Å²) < 4.78 is 5.48. The lowest BCUT2D eigenvalue weighted by Gasteiger charge is -2.06. The van der Waals surface area contributed by atoms with Crippen molar-refractivity contribution in [3.63, 3.8) is 0 Å². The summed E-state index contributed by atoms with van der Waals surface area (Å²) >= 11 is 0. The Morgan fingerprint density at radius 1 is 0.260 bits per heavy atom. The van der Waals surface area contributed by atoms with Crippen molar-refractivity contribution >= 4 is 5.97 Å². The van der Waals surface area contributed by atoms with E-state index >= 15 is 0 Å². The Hall–Kier alpha value is -0.530. The zero-order chi connectivity index (χ0) is 36.1. The highest BCUT2D eigenvalue weighted by atomic mass is 16.5. The minimum atomic E-state index is 0.0329. The molecule has 0 radical (unpaired) electrons. The standard InChI is InChI=1S/C48H96O2/c1-3-5-7-9-11-13-15-17-19-21-22-23-24-25-26-27-28-29-30-31-32-34-36-38-40-42-44-46-48(49)50-47-45-43-41-39-37-35-33-20-18-16-14-12-10-8-6-4-2/h3-47H2,1-2H3. The van der Waals surface area contributed by atoms with Crippen molar-refractivity contribution in [3.05, 3.63) is 0 Å². The first-order chi connectivity index (χ1) is 24.8. The Balaban J connectivity index is 3.13. The molecule has 0 rings (SSSR count). The maximum Gasteiger partial charge on any atom is 0.305 e. The summed E-state index contributed by atoms with van der Waals surface area (Å²) in [5, 5.41) is 0. The summed E-state index contributed by atoms with van der Waals surface area (Å²) in [7, 11) is 0.